The summed E-state index contributed by atoms with van der Waals surface area (Å²) in [6.07, 6.45) is 5.71. The predicted molar refractivity (Wildman–Crippen MR) is 94.2 cm³/mol. The second kappa shape index (κ2) is 7.91. The molecule has 0 saturated carbocycles. The summed E-state index contributed by atoms with van der Waals surface area (Å²) in [6, 6.07) is 14.5. The number of carbonyl (C=O) groups excluding carboxylic acids is 1. The molecule has 2 aromatic rings. The first kappa shape index (κ1) is 17.2. The highest BCUT2D eigenvalue weighted by Crippen LogP contribution is 2.28. The molecule has 2 rings (SSSR count). The van der Waals surface area contributed by atoms with Gasteiger partial charge in [0.1, 0.15) is 0 Å². The number of aromatic nitrogens is 1. The fourth-order valence-electron chi connectivity index (χ4n) is 2.98. The molecule has 1 atom stereocenters. The first-order valence-electron chi connectivity index (χ1n) is 8.21. The number of hydrogen-bond acceptors (Lipinski definition) is 2. The zero-order chi connectivity index (χ0) is 16.7. The van der Waals surface area contributed by atoms with E-state index in [1.54, 1.807) is 12.4 Å². The van der Waals surface area contributed by atoms with Crippen molar-refractivity contribution < 1.29 is 4.79 Å². The normalized spacial score (nSPS) is 12.7. The third-order valence-corrected chi connectivity index (χ3v) is 4.17. The van der Waals surface area contributed by atoms with Gasteiger partial charge in [0.2, 0.25) is 5.91 Å². The second-order valence-electron chi connectivity index (χ2n) is 6.78. The highest BCUT2D eigenvalue weighted by molar-refractivity contribution is 5.76. The summed E-state index contributed by atoms with van der Waals surface area (Å²) in [6.45, 7) is 6.53. The van der Waals surface area contributed by atoms with E-state index in [9.17, 15) is 4.79 Å². The third-order valence-electron chi connectivity index (χ3n) is 4.17. The topological polar surface area (TPSA) is 42.0 Å². The van der Waals surface area contributed by atoms with Crippen molar-refractivity contribution in [2.45, 2.75) is 51.5 Å². The number of hydrogen-bond donors (Lipinski definition) is 1. The van der Waals surface area contributed by atoms with Crippen molar-refractivity contribution in [1.82, 2.24) is 10.3 Å². The summed E-state index contributed by atoms with van der Waals surface area (Å²) in [5.74, 6) is 0.109. The Morgan fingerprint density at radius 2 is 1.78 bits per heavy atom. The summed E-state index contributed by atoms with van der Waals surface area (Å²) >= 11 is 0. The van der Waals surface area contributed by atoms with E-state index >= 15 is 0 Å². The Labute approximate surface area is 139 Å². The number of carbonyl (C=O) groups is 1. The molecule has 0 fully saturated rings. The molecule has 0 radical (unpaired) electrons. The molecule has 0 aliphatic carbocycles. The number of rotatable bonds is 7. The molecule has 0 saturated heterocycles. The van der Waals surface area contributed by atoms with Crippen molar-refractivity contribution in [2.24, 2.45) is 0 Å². The summed E-state index contributed by atoms with van der Waals surface area (Å²) in [4.78, 5) is 16.1. The van der Waals surface area contributed by atoms with Crippen molar-refractivity contribution in [3.05, 3.63) is 66.0 Å². The van der Waals surface area contributed by atoms with E-state index in [0.717, 1.165) is 18.4 Å². The van der Waals surface area contributed by atoms with Crippen LogP contribution in [-0.4, -0.2) is 16.9 Å². The molecule has 23 heavy (non-hydrogen) atoms. The average molecular weight is 310 g/mol. The van der Waals surface area contributed by atoms with Crippen LogP contribution in [0, 0.1) is 0 Å². The van der Waals surface area contributed by atoms with E-state index in [1.165, 1.54) is 5.56 Å². The van der Waals surface area contributed by atoms with Gasteiger partial charge in [0.25, 0.3) is 0 Å². The van der Waals surface area contributed by atoms with Gasteiger partial charge < -0.3 is 5.32 Å². The van der Waals surface area contributed by atoms with Crippen LogP contribution in [0.3, 0.4) is 0 Å². The summed E-state index contributed by atoms with van der Waals surface area (Å²) in [5, 5.41) is 3.12. The fraction of sp³-hybridized carbons (Fsp3) is 0.400. The van der Waals surface area contributed by atoms with Crippen molar-refractivity contribution in [1.29, 1.82) is 0 Å². The summed E-state index contributed by atoms with van der Waals surface area (Å²) in [5.41, 5.74) is 2.49. The van der Waals surface area contributed by atoms with Crippen LogP contribution in [0.5, 0.6) is 0 Å². The molecule has 122 valence electrons. The SMILES string of the molecule is C[C@@H](CC(C)(C)c1ccccc1)NC(=O)CCc1ccncc1. The molecule has 1 amide bonds. The maximum Gasteiger partial charge on any atom is 0.220 e. The predicted octanol–water partition coefficient (Wildman–Crippen LogP) is 3.89. The lowest BCUT2D eigenvalue weighted by atomic mass is 9.79. The van der Waals surface area contributed by atoms with Crippen LogP contribution in [0.1, 0.15) is 44.7 Å². The molecule has 1 aromatic heterocycles. The first-order valence-corrected chi connectivity index (χ1v) is 8.21. The number of pyridine rings is 1. The highest BCUT2D eigenvalue weighted by Gasteiger charge is 2.23. The lowest BCUT2D eigenvalue weighted by Gasteiger charge is -2.29. The van der Waals surface area contributed by atoms with Gasteiger partial charge >= 0.3 is 0 Å². The minimum absolute atomic E-state index is 0.0407. The molecule has 0 spiro atoms. The zero-order valence-electron chi connectivity index (χ0n) is 14.3. The van der Waals surface area contributed by atoms with Gasteiger partial charge in [0.05, 0.1) is 0 Å². The number of nitrogens with one attached hydrogen (secondary N) is 1. The van der Waals surface area contributed by atoms with E-state index in [-0.39, 0.29) is 17.4 Å². The smallest absolute Gasteiger partial charge is 0.220 e. The zero-order valence-corrected chi connectivity index (χ0v) is 14.3. The molecule has 0 unspecified atom stereocenters. The van der Waals surface area contributed by atoms with E-state index < -0.39 is 0 Å². The van der Waals surface area contributed by atoms with Crippen LogP contribution in [0.15, 0.2) is 54.9 Å². The molecule has 1 N–H and O–H groups in total. The van der Waals surface area contributed by atoms with E-state index in [0.29, 0.717) is 6.42 Å². The van der Waals surface area contributed by atoms with Crippen LogP contribution in [0.25, 0.3) is 0 Å². The molecule has 1 heterocycles. The van der Waals surface area contributed by atoms with Gasteiger partial charge in [-0.05, 0) is 48.4 Å². The van der Waals surface area contributed by atoms with Crippen molar-refractivity contribution in [3.8, 4) is 0 Å². The lowest BCUT2D eigenvalue weighted by molar-refractivity contribution is -0.121. The molecular formula is C20H26N2O. The van der Waals surface area contributed by atoms with Crippen LogP contribution in [0.4, 0.5) is 0 Å². The molecule has 3 heteroatoms. The van der Waals surface area contributed by atoms with Crippen LogP contribution in [0.2, 0.25) is 0 Å². The van der Waals surface area contributed by atoms with Gasteiger partial charge in [-0.1, -0.05) is 44.2 Å². The van der Waals surface area contributed by atoms with Crippen molar-refractivity contribution >= 4 is 5.91 Å². The average Bonchev–Trinajstić information content (AvgIpc) is 2.54. The molecule has 1 aromatic carbocycles. The Bertz CT molecular complexity index is 608. The number of nitrogens with zero attached hydrogens (tertiary/aromatic N) is 1. The molecular weight excluding hydrogens is 284 g/mol. The summed E-state index contributed by atoms with van der Waals surface area (Å²) in [7, 11) is 0. The van der Waals surface area contributed by atoms with E-state index in [4.69, 9.17) is 0 Å². The number of amides is 1. The minimum atomic E-state index is 0.0407. The Morgan fingerprint density at radius 1 is 1.13 bits per heavy atom. The first-order chi connectivity index (χ1) is 11.0. The maximum absolute atomic E-state index is 12.1. The van der Waals surface area contributed by atoms with Crippen LogP contribution < -0.4 is 5.32 Å². The van der Waals surface area contributed by atoms with Gasteiger partial charge in [-0.15, -0.1) is 0 Å². The molecule has 0 bridgehead atoms. The van der Waals surface area contributed by atoms with E-state index in [2.05, 4.69) is 55.3 Å². The third kappa shape index (κ3) is 5.51. The van der Waals surface area contributed by atoms with E-state index in [1.807, 2.05) is 18.2 Å². The summed E-state index contributed by atoms with van der Waals surface area (Å²) < 4.78 is 0. The quantitative estimate of drug-likeness (QED) is 0.843. The Balaban J connectivity index is 1.82. The van der Waals surface area contributed by atoms with Gasteiger partial charge in [-0.3, -0.25) is 9.78 Å². The number of aryl methyl sites for hydroxylation is 1. The molecule has 0 aliphatic heterocycles. The minimum Gasteiger partial charge on any atom is -0.354 e. The largest absolute Gasteiger partial charge is 0.354 e. The Kier molecular flexibility index (Phi) is 5.91. The van der Waals surface area contributed by atoms with Gasteiger partial charge in [-0.2, -0.15) is 0 Å². The lowest BCUT2D eigenvalue weighted by Crippen LogP contribution is -2.37. The Morgan fingerprint density at radius 3 is 2.43 bits per heavy atom. The standard InChI is InChI=1S/C20H26N2O/c1-16(15-20(2,3)18-7-5-4-6-8-18)22-19(23)10-9-17-11-13-21-14-12-17/h4-8,11-14,16H,9-10,15H2,1-3H3,(H,22,23)/t16-/m0/s1. The second-order valence-corrected chi connectivity index (χ2v) is 6.78. The van der Waals surface area contributed by atoms with Gasteiger partial charge in [0, 0.05) is 24.9 Å². The van der Waals surface area contributed by atoms with Gasteiger partial charge in [-0.25, -0.2) is 0 Å². The van der Waals surface area contributed by atoms with Gasteiger partial charge in [0.15, 0.2) is 0 Å². The van der Waals surface area contributed by atoms with Crippen molar-refractivity contribution in [2.75, 3.05) is 0 Å². The Hall–Kier alpha value is -2.16. The monoisotopic (exact) mass is 310 g/mol. The van der Waals surface area contributed by atoms with Crippen molar-refractivity contribution in [3.63, 3.8) is 0 Å². The molecule has 3 nitrogen and oxygen atoms in total. The maximum atomic E-state index is 12.1. The van der Waals surface area contributed by atoms with Crippen LogP contribution >= 0.6 is 0 Å². The molecule has 0 aliphatic rings. The number of benzene rings is 1. The fourth-order valence-corrected chi connectivity index (χ4v) is 2.98. The highest BCUT2D eigenvalue weighted by atomic mass is 16.1. The van der Waals surface area contributed by atoms with Crippen LogP contribution in [-0.2, 0) is 16.6 Å².